The molecule has 1 aliphatic heterocycles. The van der Waals surface area contributed by atoms with Gasteiger partial charge in [-0.25, -0.2) is 16.5 Å². The second-order valence-electron chi connectivity index (χ2n) is 10.5. The Morgan fingerprint density at radius 3 is 1.48 bits per heavy atom. The molecule has 288 valence electrons. The van der Waals surface area contributed by atoms with E-state index in [-0.39, 0.29) is 93.5 Å². The summed E-state index contributed by atoms with van der Waals surface area (Å²) in [7, 11) is 0. The molecule has 0 unspecified atom stereocenters. The van der Waals surface area contributed by atoms with Crippen LogP contribution in [0.2, 0.25) is 0 Å². The number of hydrogen-bond acceptors (Lipinski definition) is 15. The highest BCUT2D eigenvalue weighted by Crippen LogP contribution is 2.13. The molecule has 0 spiro atoms. The van der Waals surface area contributed by atoms with Gasteiger partial charge in [0.15, 0.2) is 0 Å². The van der Waals surface area contributed by atoms with Crippen LogP contribution in [0, 0.1) is 0 Å². The number of nitrogens with zero attached hydrogens (tertiary/aromatic N) is 10. The number of hydrazine groups is 1. The summed E-state index contributed by atoms with van der Waals surface area (Å²) in [5.41, 5.74) is 26.0. The quantitative estimate of drug-likeness (QED) is 0.0145. The smallest absolute Gasteiger partial charge is 0.333 e. The third-order valence-electron chi connectivity index (χ3n) is 6.32. The first-order chi connectivity index (χ1) is 24.9. The maximum absolute atomic E-state index is 11.4. The summed E-state index contributed by atoms with van der Waals surface area (Å²) in [6.45, 7) is 1.72. The van der Waals surface area contributed by atoms with Crippen LogP contribution in [0.3, 0.4) is 0 Å². The Kier molecular flexibility index (Phi) is 31.6. The molecule has 1 fully saturated rings. The first kappa shape index (κ1) is 48.5. The average molecular weight is 739 g/mol. The Morgan fingerprint density at radius 1 is 0.654 bits per heavy atom. The second-order valence-corrected chi connectivity index (χ2v) is 10.5. The number of nitrogens with two attached hydrogens (primary N) is 2. The van der Waals surface area contributed by atoms with Crippen molar-refractivity contribution in [3.8, 4) is 0 Å². The number of amides is 4. The van der Waals surface area contributed by atoms with Gasteiger partial charge < -0.3 is 15.0 Å². The molecule has 1 saturated heterocycles. The van der Waals surface area contributed by atoms with Crippen LogP contribution in [-0.4, -0.2) is 84.8 Å². The van der Waals surface area contributed by atoms with Crippen molar-refractivity contribution in [2.75, 3.05) is 32.8 Å². The Labute approximate surface area is 298 Å². The molecule has 24 heteroatoms. The van der Waals surface area contributed by atoms with Crippen molar-refractivity contribution < 1.29 is 48.0 Å². The van der Waals surface area contributed by atoms with Crippen LogP contribution in [0.25, 0.3) is 31.3 Å². The number of nitrogens with one attached hydrogen (secondary N) is 2. The zero-order chi connectivity index (χ0) is 39.4. The Hall–Kier alpha value is -5.63. The Balaban J connectivity index is 0. The van der Waals surface area contributed by atoms with Crippen LogP contribution in [0.4, 0.5) is 0 Å². The van der Waals surface area contributed by atoms with Crippen molar-refractivity contribution in [3.05, 3.63) is 31.3 Å². The maximum atomic E-state index is 11.4. The number of rotatable bonds is 26. The van der Waals surface area contributed by atoms with Gasteiger partial charge in [-0.15, -0.1) is 5.06 Å². The monoisotopic (exact) mass is 738 g/mol. The largest absolute Gasteiger partial charge is 0.356 e. The van der Waals surface area contributed by atoms with Crippen LogP contribution < -0.4 is 22.5 Å². The maximum Gasteiger partial charge on any atom is 0.333 e. The standard InChI is InChI=1S/C11H14N4O5.C10H19N5O3.C7H13N5O2/c12-14-13-7-1-2-8(16)3-6-11(19)20-15-9(17)4-5-10(15)18;11-15-14-7-1-3-9(16)4-5-10(17)13-6-2-8-18-12;8-11-7(14)4-3-6(13)2-1-5-10-12-9/h1-7H2;1-8,12H2,(H,13,17);1-5,8H2,(H,11,14). The van der Waals surface area contributed by atoms with Gasteiger partial charge in [0.2, 0.25) is 11.8 Å². The van der Waals surface area contributed by atoms with E-state index >= 15 is 0 Å². The summed E-state index contributed by atoms with van der Waals surface area (Å²) in [6, 6.07) is 0. The van der Waals surface area contributed by atoms with Crippen LogP contribution in [-0.2, 0) is 48.0 Å². The van der Waals surface area contributed by atoms with Gasteiger partial charge in [-0.2, -0.15) is 0 Å². The number of Topliss-reactive ketones (excluding diaryl/α,β-unsaturated/α-hetero) is 3. The molecule has 6 N–H and O–H groups in total. The van der Waals surface area contributed by atoms with Gasteiger partial charge in [0.05, 0.1) is 13.0 Å². The number of imide groups is 1. The summed E-state index contributed by atoms with van der Waals surface area (Å²) in [6.07, 6.45) is 3.50. The lowest BCUT2D eigenvalue weighted by molar-refractivity contribution is -0.197. The predicted octanol–water partition coefficient (Wildman–Crippen LogP) is 2.27. The average Bonchev–Trinajstić information content (AvgIpc) is 3.45. The fraction of sp³-hybridized carbons (Fsp3) is 0.714. The SMILES string of the molecule is [N-]=[N+]=NCCCC(=O)CCC(=O)NCCCON.[N-]=[N+]=NCCCC(=O)CCC(=O)NN.[N-]=[N+]=NCCCC(=O)CCC(=O)ON1C(=O)CCC1=O. The second kappa shape index (κ2) is 33.8. The van der Waals surface area contributed by atoms with Crippen molar-refractivity contribution in [2.24, 2.45) is 27.1 Å². The lowest BCUT2D eigenvalue weighted by Gasteiger charge is -2.12. The molecule has 0 aliphatic carbocycles. The van der Waals surface area contributed by atoms with E-state index in [1.807, 2.05) is 5.43 Å². The van der Waals surface area contributed by atoms with Gasteiger partial charge in [-0.05, 0) is 42.3 Å². The summed E-state index contributed by atoms with van der Waals surface area (Å²) in [4.78, 5) is 106. The predicted molar refractivity (Wildman–Crippen MR) is 180 cm³/mol. The van der Waals surface area contributed by atoms with Crippen molar-refractivity contribution >= 4 is 46.9 Å². The topological polar surface area (TPSA) is 381 Å². The number of hydrogen-bond donors (Lipinski definition) is 4. The highest BCUT2D eigenvalue weighted by molar-refractivity contribution is 6.01. The lowest BCUT2D eigenvalue weighted by atomic mass is 10.1. The van der Waals surface area contributed by atoms with Crippen molar-refractivity contribution in [3.63, 3.8) is 0 Å². The molecule has 0 saturated carbocycles. The third-order valence-corrected chi connectivity index (χ3v) is 6.32. The summed E-state index contributed by atoms with van der Waals surface area (Å²) in [5, 5.41) is 13.0. The first-order valence-electron chi connectivity index (χ1n) is 16.2. The fourth-order valence-corrected chi connectivity index (χ4v) is 3.65. The fourth-order valence-electron chi connectivity index (χ4n) is 3.65. The molecule has 0 aromatic rings. The van der Waals surface area contributed by atoms with Gasteiger partial charge >= 0.3 is 5.97 Å². The normalized spacial score (nSPS) is 11.2. The third kappa shape index (κ3) is 30.4. The van der Waals surface area contributed by atoms with Gasteiger partial charge in [0, 0.05) is 105 Å². The highest BCUT2D eigenvalue weighted by Gasteiger charge is 2.32. The van der Waals surface area contributed by atoms with Crippen LogP contribution in [0.1, 0.15) is 96.3 Å². The molecule has 0 radical (unpaired) electrons. The summed E-state index contributed by atoms with van der Waals surface area (Å²) < 4.78 is 0. The highest BCUT2D eigenvalue weighted by atomic mass is 16.7. The van der Waals surface area contributed by atoms with Gasteiger partial charge in [0.1, 0.15) is 17.3 Å². The number of carbonyl (C=O) groups excluding carboxylic acids is 8. The van der Waals surface area contributed by atoms with E-state index in [9.17, 15) is 38.4 Å². The van der Waals surface area contributed by atoms with Gasteiger partial charge in [-0.3, -0.25) is 39.0 Å². The van der Waals surface area contributed by atoms with E-state index in [0.29, 0.717) is 69.8 Å². The molecule has 52 heavy (non-hydrogen) atoms. The zero-order valence-electron chi connectivity index (χ0n) is 28.9. The number of ketones is 3. The molecule has 0 bridgehead atoms. The molecule has 1 heterocycles. The van der Waals surface area contributed by atoms with Crippen LogP contribution in [0.15, 0.2) is 15.3 Å². The minimum Gasteiger partial charge on any atom is -0.356 e. The number of carbonyl (C=O) groups is 8. The van der Waals surface area contributed by atoms with Crippen molar-refractivity contribution in [2.45, 2.75) is 96.3 Å². The van der Waals surface area contributed by atoms with Crippen LogP contribution >= 0.6 is 0 Å². The van der Waals surface area contributed by atoms with Gasteiger partial charge in [-0.1, -0.05) is 15.3 Å². The van der Waals surface area contributed by atoms with E-state index in [0.717, 1.165) is 0 Å². The van der Waals surface area contributed by atoms with E-state index in [1.165, 1.54) is 0 Å². The van der Waals surface area contributed by atoms with Crippen LogP contribution in [0.5, 0.6) is 0 Å². The Morgan fingerprint density at radius 2 is 1.08 bits per heavy atom. The summed E-state index contributed by atoms with van der Waals surface area (Å²) in [5.74, 6) is 7.05. The first-order valence-corrected chi connectivity index (χ1v) is 16.2. The number of hydroxylamine groups is 2. The molecular formula is C28H46N14O10. The zero-order valence-corrected chi connectivity index (χ0v) is 28.9. The van der Waals surface area contributed by atoms with Crippen molar-refractivity contribution in [1.82, 2.24) is 15.8 Å². The molecular weight excluding hydrogens is 692 g/mol. The van der Waals surface area contributed by atoms with Gasteiger partial charge in [0.25, 0.3) is 11.8 Å². The minimum atomic E-state index is -0.794. The molecule has 24 nitrogen and oxygen atoms in total. The molecule has 0 atom stereocenters. The minimum absolute atomic E-state index is 0.00332. The number of azide groups is 3. The lowest BCUT2D eigenvalue weighted by Crippen LogP contribution is -2.32. The van der Waals surface area contributed by atoms with E-state index < -0.39 is 17.8 Å². The molecule has 1 aliphatic rings. The van der Waals surface area contributed by atoms with E-state index in [1.54, 1.807) is 0 Å². The molecule has 1 rings (SSSR count). The van der Waals surface area contributed by atoms with Crippen molar-refractivity contribution in [1.29, 1.82) is 0 Å². The van der Waals surface area contributed by atoms with E-state index in [2.05, 4.69) is 45.1 Å². The molecule has 4 amide bonds. The van der Waals surface area contributed by atoms with E-state index in [4.69, 9.17) is 28.3 Å². The molecule has 0 aromatic heterocycles. The Bertz CT molecular complexity index is 1310. The molecule has 0 aromatic carbocycles. The summed E-state index contributed by atoms with van der Waals surface area (Å²) >= 11 is 0.